The maximum Gasteiger partial charge on any atom is 0.289 e. The summed E-state index contributed by atoms with van der Waals surface area (Å²) in [6, 6.07) is 3.44. The lowest BCUT2D eigenvalue weighted by molar-refractivity contribution is 0.0658. The van der Waals surface area contributed by atoms with E-state index in [0.717, 1.165) is 37.1 Å². The van der Waals surface area contributed by atoms with Crippen molar-refractivity contribution < 1.29 is 9.21 Å². The molecule has 1 N–H and O–H groups in total. The number of thioether (sulfide) groups is 1. The fraction of sp³-hybridized carbons (Fsp3) is 0.500. The number of hydrogen-bond donors (Lipinski definition) is 1. The average molecular weight is 464 g/mol. The van der Waals surface area contributed by atoms with Crippen LogP contribution in [0, 0.1) is 0 Å². The Hall–Kier alpha value is -1.16. The predicted molar refractivity (Wildman–Crippen MR) is 110 cm³/mol. The molecule has 1 aromatic heterocycles. The van der Waals surface area contributed by atoms with Crippen molar-refractivity contribution >= 4 is 47.6 Å². The highest BCUT2D eigenvalue weighted by Crippen LogP contribution is 2.09. The third kappa shape index (κ3) is 6.04. The fourth-order valence-electron chi connectivity index (χ4n) is 2.41. The number of piperazine rings is 1. The Kier molecular flexibility index (Phi) is 9.92. The Morgan fingerprint density at radius 2 is 2.12 bits per heavy atom. The SMILES string of the molecule is C=CCSCCNC(=NC)N1CCN(C(=O)c2ccco2)CC1.I. The summed E-state index contributed by atoms with van der Waals surface area (Å²) >= 11 is 1.84. The normalized spacial score (nSPS) is 15.0. The molecule has 0 atom stereocenters. The molecule has 6 nitrogen and oxygen atoms in total. The van der Waals surface area contributed by atoms with Crippen LogP contribution in [0.1, 0.15) is 10.6 Å². The van der Waals surface area contributed by atoms with Crippen LogP contribution in [-0.4, -0.2) is 72.9 Å². The Bertz CT molecular complexity index is 528. The van der Waals surface area contributed by atoms with E-state index in [4.69, 9.17) is 4.42 Å². The molecule has 1 saturated heterocycles. The molecular weight excluding hydrogens is 439 g/mol. The van der Waals surface area contributed by atoms with Crippen molar-refractivity contribution in [3.8, 4) is 0 Å². The highest BCUT2D eigenvalue weighted by atomic mass is 127. The summed E-state index contributed by atoms with van der Waals surface area (Å²) in [5.74, 6) is 3.24. The van der Waals surface area contributed by atoms with Crippen molar-refractivity contribution in [2.75, 3.05) is 51.3 Å². The average Bonchev–Trinajstić information content (AvgIpc) is 3.12. The first-order chi connectivity index (χ1) is 11.3. The molecule has 0 aromatic carbocycles. The third-order valence-electron chi connectivity index (χ3n) is 3.58. The van der Waals surface area contributed by atoms with Gasteiger partial charge in [-0.1, -0.05) is 6.08 Å². The Labute approximate surface area is 164 Å². The van der Waals surface area contributed by atoms with Crippen molar-refractivity contribution in [1.29, 1.82) is 0 Å². The topological polar surface area (TPSA) is 61.1 Å². The van der Waals surface area contributed by atoms with Crippen molar-refractivity contribution in [3.63, 3.8) is 0 Å². The maximum atomic E-state index is 12.2. The van der Waals surface area contributed by atoms with Gasteiger partial charge in [-0.3, -0.25) is 9.79 Å². The minimum Gasteiger partial charge on any atom is -0.459 e. The van der Waals surface area contributed by atoms with Crippen LogP contribution in [0.3, 0.4) is 0 Å². The third-order valence-corrected chi connectivity index (χ3v) is 4.54. The van der Waals surface area contributed by atoms with E-state index in [1.165, 1.54) is 6.26 Å². The predicted octanol–water partition coefficient (Wildman–Crippen LogP) is 2.15. The molecule has 1 amide bonds. The van der Waals surface area contributed by atoms with E-state index in [-0.39, 0.29) is 29.9 Å². The van der Waals surface area contributed by atoms with Crippen LogP contribution in [-0.2, 0) is 0 Å². The number of guanidine groups is 1. The van der Waals surface area contributed by atoms with Crippen LogP contribution in [0.4, 0.5) is 0 Å². The van der Waals surface area contributed by atoms with E-state index >= 15 is 0 Å². The van der Waals surface area contributed by atoms with Crippen molar-refractivity contribution in [3.05, 3.63) is 36.8 Å². The summed E-state index contributed by atoms with van der Waals surface area (Å²) in [7, 11) is 1.79. The number of nitrogens with one attached hydrogen (secondary N) is 1. The highest BCUT2D eigenvalue weighted by Gasteiger charge is 2.24. The summed E-state index contributed by atoms with van der Waals surface area (Å²) in [5, 5.41) is 3.37. The van der Waals surface area contributed by atoms with Crippen LogP contribution in [0.15, 0.2) is 40.5 Å². The molecule has 1 aromatic rings. The van der Waals surface area contributed by atoms with Crippen molar-refractivity contribution in [2.24, 2.45) is 4.99 Å². The van der Waals surface area contributed by atoms with E-state index in [2.05, 4.69) is 21.8 Å². The number of amides is 1. The van der Waals surface area contributed by atoms with Gasteiger partial charge in [0.2, 0.25) is 0 Å². The zero-order valence-electron chi connectivity index (χ0n) is 13.9. The monoisotopic (exact) mass is 464 g/mol. The minimum absolute atomic E-state index is 0. The first-order valence-corrected chi connectivity index (χ1v) is 8.88. The molecule has 1 aliphatic rings. The number of carbonyl (C=O) groups excluding carboxylic acids is 1. The molecule has 0 aliphatic carbocycles. The van der Waals surface area contributed by atoms with Crippen LogP contribution in [0.2, 0.25) is 0 Å². The molecule has 0 spiro atoms. The lowest BCUT2D eigenvalue weighted by Gasteiger charge is -2.36. The van der Waals surface area contributed by atoms with Crippen molar-refractivity contribution in [1.82, 2.24) is 15.1 Å². The molecule has 134 valence electrons. The number of halogens is 1. The number of furan rings is 1. The summed E-state index contributed by atoms with van der Waals surface area (Å²) in [5.41, 5.74) is 0. The largest absolute Gasteiger partial charge is 0.459 e. The van der Waals surface area contributed by atoms with Gasteiger partial charge in [0.1, 0.15) is 0 Å². The first kappa shape index (κ1) is 20.9. The quantitative estimate of drug-likeness (QED) is 0.230. The zero-order valence-corrected chi connectivity index (χ0v) is 17.1. The molecule has 24 heavy (non-hydrogen) atoms. The Morgan fingerprint density at radius 3 is 2.71 bits per heavy atom. The minimum atomic E-state index is -0.0431. The molecule has 2 heterocycles. The molecule has 0 bridgehead atoms. The van der Waals surface area contributed by atoms with Gasteiger partial charge in [-0.15, -0.1) is 30.6 Å². The van der Waals surface area contributed by atoms with E-state index in [1.54, 1.807) is 19.2 Å². The summed E-state index contributed by atoms with van der Waals surface area (Å²) in [6.07, 6.45) is 3.44. The van der Waals surface area contributed by atoms with Gasteiger partial charge in [0.05, 0.1) is 6.26 Å². The molecule has 1 fully saturated rings. The second-order valence-electron chi connectivity index (χ2n) is 5.09. The lowest BCUT2D eigenvalue weighted by Crippen LogP contribution is -2.54. The van der Waals surface area contributed by atoms with Gasteiger partial charge in [-0.05, 0) is 12.1 Å². The molecule has 2 rings (SSSR count). The zero-order chi connectivity index (χ0) is 16.5. The summed E-state index contributed by atoms with van der Waals surface area (Å²) in [6.45, 7) is 7.47. The highest BCUT2D eigenvalue weighted by molar-refractivity contribution is 14.0. The molecule has 0 unspecified atom stereocenters. The van der Waals surface area contributed by atoms with Crippen LogP contribution in [0.25, 0.3) is 0 Å². The van der Waals surface area contributed by atoms with Gasteiger partial charge >= 0.3 is 0 Å². The maximum absolute atomic E-state index is 12.2. The molecule has 0 saturated carbocycles. The van der Waals surface area contributed by atoms with Crippen molar-refractivity contribution in [2.45, 2.75) is 0 Å². The van der Waals surface area contributed by atoms with E-state index in [9.17, 15) is 4.79 Å². The van der Waals surface area contributed by atoms with Gasteiger partial charge in [-0.25, -0.2) is 0 Å². The smallest absolute Gasteiger partial charge is 0.289 e. The summed E-state index contributed by atoms with van der Waals surface area (Å²) < 4.78 is 5.18. The van der Waals surface area contributed by atoms with Gasteiger partial charge in [0.15, 0.2) is 11.7 Å². The number of aliphatic imine (C=N–C) groups is 1. The van der Waals surface area contributed by atoms with E-state index < -0.39 is 0 Å². The van der Waals surface area contributed by atoms with Crippen LogP contribution in [0.5, 0.6) is 0 Å². The number of hydrogen-bond acceptors (Lipinski definition) is 4. The number of rotatable bonds is 6. The Morgan fingerprint density at radius 1 is 1.42 bits per heavy atom. The van der Waals surface area contributed by atoms with Gasteiger partial charge in [0, 0.05) is 51.3 Å². The summed E-state index contributed by atoms with van der Waals surface area (Å²) in [4.78, 5) is 20.6. The molecule has 8 heteroatoms. The standard InChI is InChI=1S/C16H24N4O2S.HI/c1-3-12-23-13-6-18-16(17-2)20-9-7-19(8-10-20)15(21)14-5-4-11-22-14;/h3-5,11H,1,6-10,12-13H2,2H3,(H,17,18);1H. The van der Waals surface area contributed by atoms with E-state index in [1.807, 2.05) is 22.7 Å². The fourth-order valence-corrected chi connectivity index (χ4v) is 2.99. The van der Waals surface area contributed by atoms with Crippen LogP contribution < -0.4 is 5.32 Å². The molecule has 1 aliphatic heterocycles. The van der Waals surface area contributed by atoms with Gasteiger partial charge in [-0.2, -0.15) is 11.8 Å². The molecular formula is C16H25IN4O2S. The second kappa shape index (κ2) is 11.4. The van der Waals surface area contributed by atoms with E-state index in [0.29, 0.717) is 18.8 Å². The lowest BCUT2D eigenvalue weighted by atomic mass is 10.3. The van der Waals surface area contributed by atoms with Gasteiger partial charge < -0.3 is 19.5 Å². The Balaban J connectivity index is 0.00000288. The number of nitrogens with zero attached hydrogens (tertiary/aromatic N) is 3. The first-order valence-electron chi connectivity index (χ1n) is 7.73. The second-order valence-corrected chi connectivity index (χ2v) is 6.24. The van der Waals surface area contributed by atoms with Crippen LogP contribution >= 0.6 is 35.7 Å². The number of carbonyl (C=O) groups is 1. The molecule has 0 radical (unpaired) electrons. The van der Waals surface area contributed by atoms with Gasteiger partial charge in [0.25, 0.3) is 5.91 Å².